The smallest absolute Gasteiger partial charge is 0.223 e. The fourth-order valence-electron chi connectivity index (χ4n) is 3.22. The second kappa shape index (κ2) is 7.66. The molecule has 0 saturated heterocycles. The first kappa shape index (κ1) is 17.9. The van der Waals surface area contributed by atoms with Crippen molar-refractivity contribution in [1.82, 2.24) is 19.9 Å². The van der Waals surface area contributed by atoms with Gasteiger partial charge in [0.25, 0.3) is 0 Å². The van der Waals surface area contributed by atoms with Gasteiger partial charge in [0.15, 0.2) is 5.13 Å². The number of hydrogen-bond donors (Lipinski definition) is 1. The summed E-state index contributed by atoms with van der Waals surface area (Å²) < 4.78 is 5.91. The van der Waals surface area contributed by atoms with Crippen LogP contribution in [0.15, 0.2) is 35.0 Å². The number of rotatable bonds is 6. The lowest BCUT2D eigenvalue weighted by Gasteiger charge is -2.31. The maximum absolute atomic E-state index is 5.91. The molecule has 1 aliphatic heterocycles. The lowest BCUT2D eigenvalue weighted by atomic mass is 10.1. The molecule has 0 unspecified atom stereocenters. The van der Waals surface area contributed by atoms with E-state index >= 15 is 0 Å². The first-order valence-corrected chi connectivity index (χ1v) is 9.94. The minimum Gasteiger partial charge on any atom is -0.465 e. The highest BCUT2D eigenvalue weighted by molar-refractivity contribution is 7.15. The zero-order valence-electron chi connectivity index (χ0n) is 15.8. The van der Waals surface area contributed by atoms with Crippen molar-refractivity contribution >= 4 is 22.4 Å². The van der Waals surface area contributed by atoms with Crippen molar-refractivity contribution in [2.24, 2.45) is 0 Å². The van der Waals surface area contributed by atoms with Crippen LogP contribution in [0.3, 0.4) is 0 Å². The van der Waals surface area contributed by atoms with Crippen LogP contribution in [-0.4, -0.2) is 40.5 Å². The number of nitrogens with zero attached hydrogens (tertiary/aromatic N) is 5. The number of anilines is 2. The first-order valence-electron chi connectivity index (χ1n) is 9.12. The van der Waals surface area contributed by atoms with E-state index in [4.69, 9.17) is 9.40 Å². The maximum Gasteiger partial charge on any atom is 0.223 e. The van der Waals surface area contributed by atoms with Crippen molar-refractivity contribution in [2.45, 2.75) is 32.5 Å². The maximum atomic E-state index is 5.91. The highest BCUT2D eigenvalue weighted by Crippen LogP contribution is 2.36. The molecule has 0 fully saturated rings. The molecule has 1 N–H and O–H groups in total. The van der Waals surface area contributed by atoms with Crippen molar-refractivity contribution in [3.63, 3.8) is 0 Å². The van der Waals surface area contributed by atoms with Gasteiger partial charge in [-0.15, -0.1) is 0 Å². The number of hydrogen-bond acceptors (Lipinski definition) is 8. The topological polar surface area (TPSA) is 70.3 Å². The minimum atomic E-state index is 0.1000. The molecule has 0 radical (unpaired) electrons. The summed E-state index contributed by atoms with van der Waals surface area (Å²) in [7, 11) is 4.06. The Labute approximate surface area is 163 Å². The van der Waals surface area contributed by atoms with Gasteiger partial charge in [-0.3, -0.25) is 4.90 Å². The molecule has 7 nitrogen and oxygen atoms in total. The fourth-order valence-corrected chi connectivity index (χ4v) is 4.26. The molecule has 0 amide bonds. The zero-order valence-corrected chi connectivity index (χ0v) is 16.7. The van der Waals surface area contributed by atoms with Gasteiger partial charge in [0, 0.05) is 46.0 Å². The summed E-state index contributed by atoms with van der Waals surface area (Å²) in [5.41, 5.74) is 1.12. The van der Waals surface area contributed by atoms with Crippen molar-refractivity contribution in [2.75, 3.05) is 30.9 Å². The van der Waals surface area contributed by atoms with Gasteiger partial charge in [-0.2, -0.15) is 0 Å². The third-order valence-electron chi connectivity index (χ3n) is 4.54. The van der Waals surface area contributed by atoms with Gasteiger partial charge in [-0.05, 0) is 18.2 Å². The van der Waals surface area contributed by atoms with Gasteiger partial charge in [-0.1, -0.05) is 18.3 Å². The van der Waals surface area contributed by atoms with Crippen LogP contribution < -0.4 is 10.2 Å². The summed E-state index contributed by atoms with van der Waals surface area (Å²) in [5.74, 6) is 2.66. The number of aromatic nitrogens is 3. The average molecular weight is 385 g/mol. The molecule has 0 aliphatic carbocycles. The van der Waals surface area contributed by atoms with E-state index in [0.29, 0.717) is 5.95 Å². The lowest BCUT2D eigenvalue weighted by molar-refractivity contribution is 0.208. The first-order chi connectivity index (χ1) is 13.1. The second-order valence-electron chi connectivity index (χ2n) is 6.86. The van der Waals surface area contributed by atoms with Gasteiger partial charge in [0.05, 0.1) is 23.2 Å². The Balaban J connectivity index is 1.58. The molecule has 3 aromatic rings. The predicted molar refractivity (Wildman–Crippen MR) is 107 cm³/mol. The Morgan fingerprint density at radius 3 is 2.74 bits per heavy atom. The Bertz CT molecular complexity index is 891. The summed E-state index contributed by atoms with van der Waals surface area (Å²) in [4.78, 5) is 19.2. The van der Waals surface area contributed by atoms with Crippen LogP contribution in [0.5, 0.6) is 0 Å². The standard InChI is InChI=1S/C19H24N6OS/c1-4-13-6-7-14(26-13)10-25-11-15(22-18-20-8-5-9-21-18)17-16(12-25)23-19(27-17)24(2)3/h5-9,15H,4,10-12H2,1-3H3,(H,20,21,22)/t15-/m1/s1. The van der Waals surface area contributed by atoms with Gasteiger partial charge >= 0.3 is 0 Å². The van der Waals surface area contributed by atoms with E-state index in [1.54, 1.807) is 23.7 Å². The molecule has 0 spiro atoms. The van der Waals surface area contributed by atoms with Crippen LogP contribution in [0.1, 0.15) is 35.1 Å². The highest BCUT2D eigenvalue weighted by Gasteiger charge is 2.30. The van der Waals surface area contributed by atoms with Gasteiger partial charge < -0.3 is 14.6 Å². The molecule has 4 heterocycles. The van der Waals surface area contributed by atoms with E-state index in [-0.39, 0.29) is 6.04 Å². The van der Waals surface area contributed by atoms with E-state index in [9.17, 15) is 0 Å². The summed E-state index contributed by atoms with van der Waals surface area (Å²) in [6.45, 7) is 4.54. The highest BCUT2D eigenvalue weighted by atomic mass is 32.1. The summed E-state index contributed by atoms with van der Waals surface area (Å²) >= 11 is 1.73. The molecule has 1 atom stereocenters. The third-order valence-corrected chi connectivity index (χ3v) is 5.92. The van der Waals surface area contributed by atoms with E-state index in [1.165, 1.54) is 4.88 Å². The second-order valence-corrected chi connectivity index (χ2v) is 7.87. The van der Waals surface area contributed by atoms with Crippen LogP contribution in [0.2, 0.25) is 0 Å². The molecule has 0 aromatic carbocycles. The largest absolute Gasteiger partial charge is 0.465 e. The van der Waals surface area contributed by atoms with Crippen LogP contribution in [-0.2, 0) is 19.5 Å². The Kier molecular flexibility index (Phi) is 5.09. The predicted octanol–water partition coefficient (Wildman–Crippen LogP) is 3.32. The molecule has 0 saturated carbocycles. The molecular formula is C19H24N6OS. The van der Waals surface area contributed by atoms with E-state index in [1.807, 2.05) is 20.2 Å². The lowest BCUT2D eigenvalue weighted by Crippen LogP contribution is -2.36. The molecule has 4 rings (SSSR count). The molecule has 27 heavy (non-hydrogen) atoms. The molecule has 0 bridgehead atoms. The van der Waals surface area contributed by atoms with E-state index in [0.717, 1.165) is 48.4 Å². The van der Waals surface area contributed by atoms with Crippen molar-refractivity contribution < 1.29 is 4.42 Å². The van der Waals surface area contributed by atoms with E-state index < -0.39 is 0 Å². The Morgan fingerprint density at radius 1 is 1.26 bits per heavy atom. The van der Waals surface area contributed by atoms with Crippen LogP contribution >= 0.6 is 11.3 Å². The number of nitrogens with one attached hydrogen (secondary N) is 1. The monoisotopic (exact) mass is 384 g/mol. The van der Waals surface area contributed by atoms with Crippen LogP contribution in [0, 0.1) is 0 Å². The molecule has 8 heteroatoms. The molecule has 142 valence electrons. The SMILES string of the molecule is CCc1ccc(CN2Cc3nc(N(C)C)sc3[C@H](Nc3ncccn3)C2)o1. The third kappa shape index (κ3) is 3.96. The molecule has 3 aromatic heterocycles. The molecule has 1 aliphatic rings. The fraction of sp³-hybridized carbons (Fsp3) is 0.421. The van der Waals surface area contributed by atoms with E-state index in [2.05, 4.69) is 44.1 Å². The van der Waals surface area contributed by atoms with Crippen molar-refractivity contribution in [1.29, 1.82) is 0 Å². The van der Waals surface area contributed by atoms with Gasteiger partial charge in [0.2, 0.25) is 5.95 Å². The Morgan fingerprint density at radius 2 is 2.04 bits per heavy atom. The van der Waals surface area contributed by atoms with Crippen LogP contribution in [0.4, 0.5) is 11.1 Å². The zero-order chi connectivity index (χ0) is 18.8. The van der Waals surface area contributed by atoms with Crippen molar-refractivity contribution in [3.8, 4) is 0 Å². The summed E-state index contributed by atoms with van der Waals surface area (Å²) in [6, 6.07) is 6.06. The quantitative estimate of drug-likeness (QED) is 0.699. The normalized spacial score (nSPS) is 16.9. The van der Waals surface area contributed by atoms with Crippen LogP contribution in [0.25, 0.3) is 0 Å². The van der Waals surface area contributed by atoms with Gasteiger partial charge in [0.1, 0.15) is 11.5 Å². The number of thiazole rings is 1. The Hall–Kier alpha value is -2.45. The number of fused-ring (bicyclic) bond motifs is 1. The van der Waals surface area contributed by atoms with Gasteiger partial charge in [-0.25, -0.2) is 15.0 Å². The number of aryl methyl sites for hydroxylation is 1. The van der Waals surface area contributed by atoms with Crippen molar-refractivity contribution in [3.05, 3.63) is 52.7 Å². The average Bonchev–Trinajstić information content (AvgIpc) is 3.29. The molecular weight excluding hydrogens is 360 g/mol. The minimum absolute atomic E-state index is 0.1000. The summed E-state index contributed by atoms with van der Waals surface area (Å²) in [5, 5.41) is 4.50. The summed E-state index contributed by atoms with van der Waals surface area (Å²) in [6.07, 6.45) is 4.42. The number of furan rings is 1.